The monoisotopic (exact) mass is 510 g/mol. The predicted molar refractivity (Wildman–Crippen MR) is 133 cm³/mol. The summed E-state index contributed by atoms with van der Waals surface area (Å²) in [5.74, 6) is -2.95. The Labute approximate surface area is 215 Å². The number of esters is 4. The number of allylic oxidation sites excluding steroid dienone is 2. The molecule has 0 saturated heterocycles. The SMILES string of the molecule is C=C1COCc2c1c1c(c3c2C(=C)CC(C(=O)OC)(C(=O)OC)C3)C(=C)CC(C(=O)OC)(C(=O)OC)C1. The van der Waals surface area contributed by atoms with Gasteiger partial charge >= 0.3 is 23.9 Å². The Balaban J connectivity index is 2.08. The molecule has 0 fully saturated rings. The number of fused-ring (bicyclic) bond motifs is 6. The average molecular weight is 511 g/mol. The van der Waals surface area contributed by atoms with Crippen LogP contribution in [0, 0.1) is 10.8 Å². The first kappa shape index (κ1) is 26.3. The minimum Gasteiger partial charge on any atom is -0.468 e. The van der Waals surface area contributed by atoms with Crippen LogP contribution in [-0.2, 0) is 62.3 Å². The van der Waals surface area contributed by atoms with Crippen molar-refractivity contribution in [2.24, 2.45) is 10.8 Å². The molecule has 1 aromatic rings. The molecule has 0 bridgehead atoms. The minimum atomic E-state index is -1.65. The quantitative estimate of drug-likeness (QED) is 0.343. The van der Waals surface area contributed by atoms with Crippen LogP contribution in [0.15, 0.2) is 19.7 Å². The van der Waals surface area contributed by atoms with E-state index in [2.05, 4.69) is 19.7 Å². The van der Waals surface area contributed by atoms with E-state index < -0.39 is 34.7 Å². The van der Waals surface area contributed by atoms with Gasteiger partial charge in [-0.1, -0.05) is 19.7 Å². The number of ether oxygens (including phenoxy) is 5. The van der Waals surface area contributed by atoms with Gasteiger partial charge in [-0.25, -0.2) is 0 Å². The summed E-state index contributed by atoms with van der Waals surface area (Å²) in [7, 11) is 4.86. The van der Waals surface area contributed by atoms with Gasteiger partial charge in [0, 0.05) is 12.8 Å². The summed E-state index contributed by atoms with van der Waals surface area (Å²) in [5.41, 5.74) is 2.64. The number of hydrogen-bond donors (Lipinski definition) is 0. The van der Waals surface area contributed by atoms with Gasteiger partial charge < -0.3 is 23.7 Å². The van der Waals surface area contributed by atoms with Gasteiger partial charge in [-0.2, -0.15) is 0 Å². The zero-order chi connectivity index (χ0) is 27.3. The van der Waals surface area contributed by atoms with Crippen molar-refractivity contribution >= 4 is 40.6 Å². The topological polar surface area (TPSA) is 114 Å². The minimum absolute atomic E-state index is 0.00220. The maximum Gasteiger partial charge on any atom is 0.323 e. The first-order chi connectivity index (χ1) is 17.5. The molecular weight excluding hydrogens is 480 g/mol. The number of rotatable bonds is 4. The zero-order valence-electron chi connectivity index (χ0n) is 21.5. The van der Waals surface area contributed by atoms with Crippen molar-refractivity contribution in [1.82, 2.24) is 0 Å². The first-order valence-corrected chi connectivity index (χ1v) is 11.7. The Morgan fingerprint density at radius 3 is 1.30 bits per heavy atom. The number of methoxy groups -OCH3 is 4. The fourth-order valence-corrected chi connectivity index (χ4v) is 6.21. The van der Waals surface area contributed by atoms with E-state index in [-0.39, 0.29) is 38.9 Å². The summed E-state index contributed by atoms with van der Waals surface area (Å²) in [5, 5.41) is 0. The molecule has 4 rings (SSSR count). The van der Waals surface area contributed by atoms with Crippen LogP contribution in [0.3, 0.4) is 0 Å². The molecule has 37 heavy (non-hydrogen) atoms. The fraction of sp³-hybridized carbons (Fsp3) is 0.429. The van der Waals surface area contributed by atoms with E-state index in [9.17, 15) is 19.2 Å². The van der Waals surface area contributed by atoms with E-state index in [4.69, 9.17) is 23.7 Å². The van der Waals surface area contributed by atoms with Crippen molar-refractivity contribution < 1.29 is 42.9 Å². The van der Waals surface area contributed by atoms with Gasteiger partial charge in [-0.15, -0.1) is 0 Å². The third-order valence-electron chi connectivity index (χ3n) is 7.69. The van der Waals surface area contributed by atoms with Gasteiger partial charge in [0.15, 0.2) is 10.8 Å². The summed E-state index contributed by atoms with van der Waals surface area (Å²) < 4.78 is 26.0. The molecule has 0 N–H and O–H groups in total. The lowest BCUT2D eigenvalue weighted by atomic mass is 9.60. The van der Waals surface area contributed by atoms with Gasteiger partial charge in [0.05, 0.1) is 41.7 Å². The lowest BCUT2D eigenvalue weighted by Crippen LogP contribution is -2.48. The lowest BCUT2D eigenvalue weighted by molar-refractivity contribution is -0.170. The van der Waals surface area contributed by atoms with Crippen molar-refractivity contribution in [2.45, 2.75) is 32.3 Å². The van der Waals surface area contributed by atoms with Gasteiger partial charge in [0.2, 0.25) is 0 Å². The van der Waals surface area contributed by atoms with Crippen molar-refractivity contribution in [3.05, 3.63) is 53.1 Å². The molecule has 0 radical (unpaired) electrons. The number of carbonyl (C=O) groups excluding carboxylic acids is 4. The Bertz CT molecular complexity index is 1190. The van der Waals surface area contributed by atoms with Crippen LogP contribution in [-0.4, -0.2) is 58.9 Å². The molecule has 0 amide bonds. The third-order valence-corrected chi connectivity index (χ3v) is 7.69. The second-order valence-electron chi connectivity index (χ2n) is 9.70. The van der Waals surface area contributed by atoms with Gasteiger partial charge in [-0.3, -0.25) is 19.2 Å². The van der Waals surface area contributed by atoms with Crippen LogP contribution >= 0.6 is 0 Å². The first-order valence-electron chi connectivity index (χ1n) is 11.7. The number of hydrogen-bond acceptors (Lipinski definition) is 9. The Hall–Kier alpha value is -3.72. The summed E-state index contributed by atoms with van der Waals surface area (Å²) >= 11 is 0. The number of carbonyl (C=O) groups is 4. The summed E-state index contributed by atoms with van der Waals surface area (Å²) in [6.45, 7) is 13.1. The van der Waals surface area contributed by atoms with Gasteiger partial charge in [0.1, 0.15) is 0 Å². The molecule has 0 spiro atoms. The molecule has 9 heteroatoms. The molecule has 0 unspecified atom stereocenters. The second kappa shape index (κ2) is 9.30. The van der Waals surface area contributed by atoms with Crippen LogP contribution in [0.4, 0.5) is 0 Å². The Morgan fingerprint density at radius 2 is 0.919 bits per heavy atom. The molecule has 1 heterocycles. The van der Waals surface area contributed by atoms with Gasteiger partial charge in [0.25, 0.3) is 0 Å². The molecule has 0 aromatic heterocycles. The maximum atomic E-state index is 13.0. The number of benzene rings is 1. The van der Waals surface area contributed by atoms with Crippen LogP contribution in [0.2, 0.25) is 0 Å². The van der Waals surface area contributed by atoms with E-state index in [1.165, 1.54) is 28.4 Å². The molecule has 2 aliphatic carbocycles. The standard InChI is InChI=1S/C28H30O9/c1-14-8-27(23(29)33-4,24(30)34-5)11-18-20(14)17-10-28(25(31)35-6,26(32)36-7)9-15(2)21(17)19-13-37-12-16(3)22(18)19/h1-3,8-13H2,4-7H3. The normalized spacial score (nSPS) is 19.1. The predicted octanol–water partition coefficient (Wildman–Crippen LogP) is 2.81. The molecular formula is C28H30O9. The molecule has 0 atom stereocenters. The fourth-order valence-electron chi connectivity index (χ4n) is 6.21. The highest BCUT2D eigenvalue weighted by molar-refractivity contribution is 6.06. The summed E-state index contributed by atoms with van der Waals surface area (Å²) in [4.78, 5) is 52.2. The van der Waals surface area contributed by atoms with Crippen LogP contribution < -0.4 is 0 Å². The highest BCUT2D eigenvalue weighted by atomic mass is 16.6. The van der Waals surface area contributed by atoms with E-state index in [0.29, 0.717) is 33.4 Å². The second-order valence-corrected chi connectivity index (χ2v) is 9.70. The Kier molecular flexibility index (Phi) is 6.62. The Morgan fingerprint density at radius 1 is 0.568 bits per heavy atom. The molecule has 1 aliphatic heterocycles. The average Bonchev–Trinajstić information content (AvgIpc) is 2.89. The van der Waals surface area contributed by atoms with Crippen LogP contribution in [0.5, 0.6) is 0 Å². The van der Waals surface area contributed by atoms with E-state index in [1.54, 1.807) is 0 Å². The summed E-state index contributed by atoms with van der Waals surface area (Å²) in [6.07, 6.45) is -0.141. The van der Waals surface area contributed by atoms with Crippen molar-refractivity contribution in [3.8, 4) is 0 Å². The van der Waals surface area contributed by atoms with Crippen molar-refractivity contribution in [2.75, 3.05) is 35.0 Å². The molecule has 196 valence electrons. The lowest BCUT2D eigenvalue weighted by Gasteiger charge is -2.43. The molecule has 0 saturated carbocycles. The van der Waals surface area contributed by atoms with Crippen LogP contribution in [0.25, 0.3) is 16.7 Å². The highest BCUT2D eigenvalue weighted by Crippen LogP contribution is 2.54. The van der Waals surface area contributed by atoms with E-state index in [0.717, 1.165) is 16.7 Å². The highest BCUT2D eigenvalue weighted by Gasteiger charge is 2.56. The summed E-state index contributed by atoms with van der Waals surface area (Å²) in [6, 6.07) is 0. The van der Waals surface area contributed by atoms with E-state index >= 15 is 0 Å². The van der Waals surface area contributed by atoms with E-state index in [1.807, 2.05) is 0 Å². The smallest absolute Gasteiger partial charge is 0.323 e. The third kappa shape index (κ3) is 3.63. The molecule has 3 aliphatic rings. The van der Waals surface area contributed by atoms with Crippen molar-refractivity contribution in [1.29, 1.82) is 0 Å². The molecule has 1 aromatic carbocycles. The van der Waals surface area contributed by atoms with Crippen LogP contribution in [0.1, 0.15) is 46.2 Å². The van der Waals surface area contributed by atoms with Gasteiger partial charge in [-0.05, 0) is 62.9 Å². The molecule has 9 nitrogen and oxygen atoms in total. The van der Waals surface area contributed by atoms with Crippen molar-refractivity contribution in [3.63, 3.8) is 0 Å². The maximum absolute atomic E-state index is 13.0. The largest absolute Gasteiger partial charge is 0.468 e. The zero-order valence-corrected chi connectivity index (χ0v) is 21.5.